The molecule has 1 amide bonds. The first kappa shape index (κ1) is 14.7. The molecule has 0 aliphatic heterocycles. The number of carbonyl (C=O) groups excluding carboxylic acids is 1. The van der Waals surface area contributed by atoms with Gasteiger partial charge >= 0.3 is 0 Å². The Balaban J connectivity index is 2.77. The highest BCUT2D eigenvalue weighted by atomic mass is 16.3. The van der Waals surface area contributed by atoms with Crippen molar-refractivity contribution in [2.75, 3.05) is 6.61 Å². The molecular formula is C15H23NO2. The minimum absolute atomic E-state index is 0.0431. The average molecular weight is 249 g/mol. The quantitative estimate of drug-likeness (QED) is 0.861. The Morgan fingerprint density at radius 2 is 1.72 bits per heavy atom. The maximum atomic E-state index is 12.1. The molecule has 0 aliphatic carbocycles. The molecule has 0 saturated carbocycles. The second-order valence-electron chi connectivity index (χ2n) is 6.28. The van der Waals surface area contributed by atoms with Gasteiger partial charge in [-0.2, -0.15) is 0 Å². The van der Waals surface area contributed by atoms with Crippen LogP contribution in [-0.2, 0) is 0 Å². The number of aliphatic hydroxyl groups excluding tert-OH is 1. The van der Waals surface area contributed by atoms with Gasteiger partial charge in [0.05, 0.1) is 12.1 Å². The van der Waals surface area contributed by atoms with Crippen LogP contribution in [0, 0.1) is 5.41 Å². The summed E-state index contributed by atoms with van der Waals surface area (Å²) in [5.74, 6) is -0.142. The number of rotatable bonds is 4. The molecule has 1 aromatic rings. The molecule has 1 unspecified atom stereocenters. The average Bonchev–Trinajstić information content (AvgIpc) is 2.27. The summed E-state index contributed by atoms with van der Waals surface area (Å²) in [5.41, 5.74) is 0.0678. The molecule has 2 N–H and O–H groups in total. The van der Waals surface area contributed by atoms with E-state index in [1.807, 2.05) is 25.1 Å². The zero-order chi connectivity index (χ0) is 13.8. The predicted octanol–water partition coefficient (Wildman–Crippen LogP) is 2.60. The summed E-state index contributed by atoms with van der Waals surface area (Å²) in [6, 6.07) is 9.07. The second kappa shape index (κ2) is 5.53. The fraction of sp³-hybridized carbons (Fsp3) is 0.533. The molecule has 0 aromatic heterocycles. The third-order valence-electron chi connectivity index (χ3n) is 2.72. The molecule has 1 atom stereocenters. The Morgan fingerprint density at radius 3 is 2.17 bits per heavy atom. The van der Waals surface area contributed by atoms with E-state index in [0.717, 1.165) is 6.42 Å². The number of nitrogens with one attached hydrogen (secondary N) is 1. The number of amides is 1. The summed E-state index contributed by atoms with van der Waals surface area (Å²) in [7, 11) is 0. The van der Waals surface area contributed by atoms with Crippen LogP contribution in [0.4, 0.5) is 0 Å². The summed E-state index contributed by atoms with van der Waals surface area (Å²) in [5, 5.41) is 12.5. The monoisotopic (exact) mass is 249 g/mol. The molecule has 0 heterocycles. The molecule has 1 rings (SSSR count). The van der Waals surface area contributed by atoms with Crippen LogP contribution in [0.1, 0.15) is 44.5 Å². The van der Waals surface area contributed by atoms with Gasteiger partial charge in [0.1, 0.15) is 0 Å². The van der Waals surface area contributed by atoms with E-state index in [4.69, 9.17) is 0 Å². The first-order valence-corrected chi connectivity index (χ1v) is 6.24. The third-order valence-corrected chi connectivity index (χ3v) is 2.72. The largest absolute Gasteiger partial charge is 0.394 e. The number of carbonyl (C=O) groups is 1. The van der Waals surface area contributed by atoms with Crippen molar-refractivity contribution >= 4 is 5.91 Å². The van der Waals surface area contributed by atoms with Crippen LogP contribution in [-0.4, -0.2) is 23.2 Å². The zero-order valence-electron chi connectivity index (χ0n) is 11.7. The molecule has 0 fully saturated rings. The van der Waals surface area contributed by atoms with Crippen molar-refractivity contribution in [2.24, 2.45) is 5.41 Å². The molecule has 18 heavy (non-hydrogen) atoms. The van der Waals surface area contributed by atoms with Crippen molar-refractivity contribution in [1.82, 2.24) is 5.32 Å². The Hall–Kier alpha value is -1.35. The van der Waals surface area contributed by atoms with Crippen molar-refractivity contribution in [1.29, 1.82) is 0 Å². The van der Waals surface area contributed by atoms with E-state index in [0.29, 0.717) is 5.56 Å². The SMILES string of the molecule is CC(C)(C)CC(C)(CO)NC(=O)c1ccccc1. The van der Waals surface area contributed by atoms with E-state index in [9.17, 15) is 9.90 Å². The van der Waals surface area contributed by atoms with Crippen molar-refractivity contribution in [3.8, 4) is 0 Å². The number of hydrogen-bond donors (Lipinski definition) is 2. The van der Waals surface area contributed by atoms with Crippen molar-refractivity contribution in [3.63, 3.8) is 0 Å². The van der Waals surface area contributed by atoms with Crippen LogP contribution in [0.15, 0.2) is 30.3 Å². The second-order valence-corrected chi connectivity index (χ2v) is 6.28. The van der Waals surface area contributed by atoms with Crippen molar-refractivity contribution in [2.45, 2.75) is 39.7 Å². The molecular weight excluding hydrogens is 226 g/mol. The van der Waals surface area contributed by atoms with E-state index >= 15 is 0 Å². The summed E-state index contributed by atoms with van der Waals surface area (Å²) in [6.07, 6.45) is 0.717. The topological polar surface area (TPSA) is 49.3 Å². The van der Waals surface area contributed by atoms with Gasteiger partial charge in [-0.15, -0.1) is 0 Å². The van der Waals surface area contributed by atoms with Crippen LogP contribution >= 0.6 is 0 Å². The van der Waals surface area contributed by atoms with Crippen LogP contribution in [0.25, 0.3) is 0 Å². The van der Waals surface area contributed by atoms with Crippen molar-refractivity contribution in [3.05, 3.63) is 35.9 Å². The van der Waals surface area contributed by atoms with Gasteiger partial charge in [-0.1, -0.05) is 39.0 Å². The third kappa shape index (κ3) is 4.49. The lowest BCUT2D eigenvalue weighted by atomic mass is 9.81. The Morgan fingerprint density at radius 1 is 1.17 bits per heavy atom. The fourth-order valence-electron chi connectivity index (χ4n) is 2.25. The van der Waals surface area contributed by atoms with Crippen LogP contribution < -0.4 is 5.32 Å². The van der Waals surface area contributed by atoms with E-state index in [1.54, 1.807) is 12.1 Å². The first-order valence-electron chi connectivity index (χ1n) is 6.24. The van der Waals surface area contributed by atoms with Crippen LogP contribution in [0.2, 0.25) is 0 Å². The molecule has 100 valence electrons. The summed E-state index contributed by atoms with van der Waals surface area (Å²) in [6.45, 7) is 8.09. The molecule has 0 saturated heterocycles. The fourth-order valence-corrected chi connectivity index (χ4v) is 2.25. The van der Waals surface area contributed by atoms with Crippen LogP contribution in [0.5, 0.6) is 0 Å². The minimum atomic E-state index is -0.592. The highest BCUT2D eigenvalue weighted by molar-refractivity contribution is 5.94. The summed E-state index contributed by atoms with van der Waals surface area (Å²) in [4.78, 5) is 12.1. The summed E-state index contributed by atoms with van der Waals surface area (Å²) >= 11 is 0. The predicted molar refractivity (Wildman–Crippen MR) is 73.5 cm³/mol. The lowest BCUT2D eigenvalue weighted by Crippen LogP contribution is -2.51. The van der Waals surface area contributed by atoms with E-state index < -0.39 is 5.54 Å². The van der Waals surface area contributed by atoms with Gasteiger partial charge in [0.25, 0.3) is 5.91 Å². The highest BCUT2D eigenvalue weighted by Gasteiger charge is 2.31. The molecule has 3 nitrogen and oxygen atoms in total. The van der Waals surface area contributed by atoms with Crippen molar-refractivity contribution < 1.29 is 9.90 Å². The number of aliphatic hydroxyl groups is 1. The lowest BCUT2D eigenvalue weighted by molar-refractivity contribution is 0.0787. The van der Waals surface area contributed by atoms with Gasteiger partial charge in [0.2, 0.25) is 0 Å². The highest BCUT2D eigenvalue weighted by Crippen LogP contribution is 2.27. The minimum Gasteiger partial charge on any atom is -0.394 e. The standard InChI is InChI=1S/C15H23NO2/c1-14(2,3)10-15(4,11-17)16-13(18)12-8-6-5-7-9-12/h5-9,17H,10-11H2,1-4H3,(H,16,18). The van der Waals surface area contributed by atoms with Gasteiger partial charge in [-0.3, -0.25) is 4.79 Å². The zero-order valence-corrected chi connectivity index (χ0v) is 11.7. The van der Waals surface area contributed by atoms with Crippen LogP contribution in [0.3, 0.4) is 0 Å². The Kier molecular flexibility index (Phi) is 4.52. The Bertz CT molecular complexity index is 395. The molecule has 0 bridgehead atoms. The van der Waals surface area contributed by atoms with Gasteiger partial charge < -0.3 is 10.4 Å². The number of hydrogen-bond acceptors (Lipinski definition) is 2. The normalized spacial score (nSPS) is 14.9. The molecule has 1 aromatic carbocycles. The van der Waals surface area contributed by atoms with E-state index in [2.05, 4.69) is 26.1 Å². The molecule has 0 aliphatic rings. The smallest absolute Gasteiger partial charge is 0.251 e. The Labute approximate surface area is 109 Å². The van der Waals surface area contributed by atoms with Gasteiger partial charge in [-0.25, -0.2) is 0 Å². The van der Waals surface area contributed by atoms with E-state index in [1.165, 1.54) is 0 Å². The van der Waals surface area contributed by atoms with Gasteiger partial charge in [0.15, 0.2) is 0 Å². The summed E-state index contributed by atoms with van der Waals surface area (Å²) < 4.78 is 0. The van der Waals surface area contributed by atoms with Gasteiger partial charge in [-0.05, 0) is 30.9 Å². The lowest BCUT2D eigenvalue weighted by Gasteiger charge is -2.35. The maximum absolute atomic E-state index is 12.1. The molecule has 0 spiro atoms. The maximum Gasteiger partial charge on any atom is 0.251 e. The van der Waals surface area contributed by atoms with E-state index in [-0.39, 0.29) is 17.9 Å². The van der Waals surface area contributed by atoms with Gasteiger partial charge in [0, 0.05) is 5.56 Å². The molecule has 3 heteroatoms. The first-order chi connectivity index (χ1) is 8.26. The number of benzene rings is 1. The molecule has 0 radical (unpaired) electrons.